The third kappa shape index (κ3) is 4.02. The Labute approximate surface area is 112 Å². The quantitative estimate of drug-likeness (QED) is 0.753. The van der Waals surface area contributed by atoms with Gasteiger partial charge in [-0.2, -0.15) is 4.31 Å². The first-order valence-corrected chi connectivity index (χ1v) is 7.10. The van der Waals surface area contributed by atoms with Crippen molar-refractivity contribution in [1.29, 1.82) is 0 Å². The van der Waals surface area contributed by atoms with Crippen LogP contribution >= 0.6 is 0 Å². The number of hydrogen-bond donors (Lipinski definition) is 1. The molecule has 0 bridgehead atoms. The molecule has 0 spiro atoms. The predicted molar refractivity (Wildman–Crippen MR) is 69.0 cm³/mol. The van der Waals surface area contributed by atoms with Crippen molar-refractivity contribution in [2.45, 2.75) is 11.8 Å². The molecule has 1 rings (SSSR count). The number of hydrogen-bond acceptors (Lipinski definition) is 5. The number of sulfonamides is 1. The molecule has 0 radical (unpaired) electrons. The van der Waals surface area contributed by atoms with E-state index in [9.17, 15) is 13.2 Å². The standard InChI is InChI=1S/C12H17NO5S/c1-10-3-5-11(6-4-10)19(16,17)13(7-8-14)9-12(15)18-2/h3-6,14H,7-9H2,1-2H3. The van der Waals surface area contributed by atoms with Gasteiger partial charge in [-0.1, -0.05) is 17.7 Å². The van der Waals surface area contributed by atoms with Crippen LogP contribution in [0.2, 0.25) is 0 Å². The Balaban J connectivity index is 3.05. The van der Waals surface area contributed by atoms with Crippen LogP contribution in [0, 0.1) is 6.92 Å². The first kappa shape index (κ1) is 15.6. The molecule has 0 heterocycles. The number of nitrogens with zero attached hydrogens (tertiary/aromatic N) is 1. The summed E-state index contributed by atoms with van der Waals surface area (Å²) in [5.74, 6) is -0.677. The minimum absolute atomic E-state index is 0.0791. The van der Waals surface area contributed by atoms with Crippen molar-refractivity contribution in [3.05, 3.63) is 29.8 Å². The van der Waals surface area contributed by atoms with Crippen molar-refractivity contribution in [3.63, 3.8) is 0 Å². The summed E-state index contributed by atoms with van der Waals surface area (Å²) in [5.41, 5.74) is 0.931. The second-order valence-corrected chi connectivity index (χ2v) is 5.89. The third-order valence-corrected chi connectivity index (χ3v) is 4.40. The smallest absolute Gasteiger partial charge is 0.321 e. The number of aryl methyl sites for hydroxylation is 1. The summed E-state index contributed by atoms with van der Waals surface area (Å²) < 4.78 is 29.9. The lowest BCUT2D eigenvalue weighted by molar-refractivity contribution is -0.140. The van der Waals surface area contributed by atoms with E-state index in [0.717, 1.165) is 9.87 Å². The van der Waals surface area contributed by atoms with E-state index in [0.29, 0.717) is 0 Å². The average molecular weight is 287 g/mol. The van der Waals surface area contributed by atoms with Gasteiger partial charge in [-0.3, -0.25) is 4.79 Å². The monoisotopic (exact) mass is 287 g/mol. The van der Waals surface area contributed by atoms with Gasteiger partial charge < -0.3 is 9.84 Å². The lowest BCUT2D eigenvalue weighted by atomic mass is 10.2. The molecule has 6 nitrogen and oxygen atoms in total. The van der Waals surface area contributed by atoms with Gasteiger partial charge in [-0.15, -0.1) is 0 Å². The van der Waals surface area contributed by atoms with Gasteiger partial charge in [0.25, 0.3) is 0 Å². The van der Waals surface area contributed by atoms with E-state index in [1.54, 1.807) is 12.1 Å². The molecule has 0 fully saturated rings. The number of carbonyl (C=O) groups excluding carboxylic acids is 1. The minimum Gasteiger partial charge on any atom is -0.468 e. The predicted octanol–water partition coefficient (Wildman–Crippen LogP) is 0.151. The van der Waals surface area contributed by atoms with Crippen molar-refractivity contribution in [2.24, 2.45) is 0 Å². The summed E-state index contributed by atoms with van der Waals surface area (Å²) in [6, 6.07) is 6.27. The fourth-order valence-corrected chi connectivity index (χ4v) is 2.84. The molecule has 0 saturated carbocycles. The number of rotatable bonds is 6. The molecule has 0 aliphatic heterocycles. The fourth-order valence-electron chi connectivity index (χ4n) is 1.46. The van der Waals surface area contributed by atoms with Crippen LogP contribution in [0.5, 0.6) is 0 Å². The highest BCUT2D eigenvalue weighted by Gasteiger charge is 2.26. The largest absolute Gasteiger partial charge is 0.468 e. The third-order valence-electron chi connectivity index (χ3n) is 2.54. The molecule has 0 aliphatic carbocycles. The summed E-state index contributed by atoms with van der Waals surface area (Å²) in [7, 11) is -2.63. The van der Waals surface area contributed by atoms with Gasteiger partial charge >= 0.3 is 5.97 Å². The minimum atomic E-state index is -3.81. The molecule has 19 heavy (non-hydrogen) atoms. The number of ether oxygens (including phenoxy) is 1. The second-order valence-electron chi connectivity index (χ2n) is 3.95. The Morgan fingerprint density at radius 2 is 1.89 bits per heavy atom. The van der Waals surface area contributed by atoms with E-state index in [4.69, 9.17) is 5.11 Å². The van der Waals surface area contributed by atoms with E-state index in [1.807, 2.05) is 6.92 Å². The number of aliphatic hydroxyl groups is 1. The molecule has 1 N–H and O–H groups in total. The SMILES string of the molecule is COC(=O)CN(CCO)S(=O)(=O)c1ccc(C)cc1. The molecule has 0 atom stereocenters. The van der Waals surface area contributed by atoms with Gasteiger partial charge in [-0.05, 0) is 19.1 Å². The summed E-state index contributed by atoms with van der Waals surface area (Å²) in [5, 5.41) is 8.92. The maximum Gasteiger partial charge on any atom is 0.321 e. The molecule has 1 aromatic carbocycles. The van der Waals surface area contributed by atoms with Crippen LogP contribution in [-0.2, 0) is 19.6 Å². The van der Waals surface area contributed by atoms with Gasteiger partial charge in [0.1, 0.15) is 6.54 Å². The highest BCUT2D eigenvalue weighted by molar-refractivity contribution is 7.89. The molecule has 0 amide bonds. The van der Waals surface area contributed by atoms with Crippen LogP contribution in [0.1, 0.15) is 5.56 Å². The van der Waals surface area contributed by atoms with Crippen LogP contribution in [0.3, 0.4) is 0 Å². The summed E-state index contributed by atoms with van der Waals surface area (Å²) in [6.07, 6.45) is 0. The topological polar surface area (TPSA) is 83.9 Å². The van der Waals surface area contributed by atoms with Gasteiger partial charge in [-0.25, -0.2) is 8.42 Å². The Morgan fingerprint density at radius 1 is 1.32 bits per heavy atom. The molecule has 1 aromatic rings. The van der Waals surface area contributed by atoms with E-state index in [2.05, 4.69) is 4.74 Å². The summed E-state index contributed by atoms with van der Waals surface area (Å²) in [6.45, 7) is 0.886. The highest BCUT2D eigenvalue weighted by Crippen LogP contribution is 2.16. The van der Waals surface area contributed by atoms with Gasteiger partial charge in [0.05, 0.1) is 18.6 Å². The molecule has 0 aromatic heterocycles. The zero-order chi connectivity index (χ0) is 14.5. The zero-order valence-corrected chi connectivity index (χ0v) is 11.7. The van der Waals surface area contributed by atoms with Crippen LogP contribution in [0.4, 0.5) is 0 Å². The Morgan fingerprint density at radius 3 is 2.37 bits per heavy atom. The Hall–Kier alpha value is -1.44. The molecule has 7 heteroatoms. The molecular formula is C12H17NO5S. The summed E-state index contributed by atoms with van der Waals surface area (Å²) in [4.78, 5) is 11.3. The van der Waals surface area contributed by atoms with Crippen LogP contribution in [0.15, 0.2) is 29.2 Å². The Bertz CT molecular complexity index is 524. The summed E-state index contributed by atoms with van der Waals surface area (Å²) >= 11 is 0. The first-order chi connectivity index (χ1) is 8.91. The Kier molecular flexibility index (Phi) is 5.46. The van der Waals surface area contributed by atoms with Gasteiger partial charge in [0, 0.05) is 6.54 Å². The van der Waals surface area contributed by atoms with Gasteiger partial charge in [0.2, 0.25) is 10.0 Å². The zero-order valence-electron chi connectivity index (χ0n) is 10.9. The lowest BCUT2D eigenvalue weighted by Gasteiger charge is -2.20. The first-order valence-electron chi connectivity index (χ1n) is 5.66. The normalized spacial score (nSPS) is 11.6. The van der Waals surface area contributed by atoms with Crippen LogP contribution < -0.4 is 0 Å². The molecule has 0 saturated heterocycles. The molecular weight excluding hydrogens is 270 g/mol. The lowest BCUT2D eigenvalue weighted by Crippen LogP contribution is -2.38. The molecule has 106 valence electrons. The maximum atomic E-state index is 12.3. The van der Waals surface area contributed by atoms with Crippen LogP contribution in [-0.4, -0.2) is 50.6 Å². The van der Waals surface area contributed by atoms with E-state index < -0.39 is 22.5 Å². The van der Waals surface area contributed by atoms with Crippen molar-refractivity contribution in [3.8, 4) is 0 Å². The van der Waals surface area contributed by atoms with Crippen molar-refractivity contribution in [2.75, 3.05) is 26.8 Å². The van der Waals surface area contributed by atoms with Crippen molar-refractivity contribution < 1.29 is 23.1 Å². The van der Waals surface area contributed by atoms with E-state index >= 15 is 0 Å². The van der Waals surface area contributed by atoms with Crippen molar-refractivity contribution in [1.82, 2.24) is 4.31 Å². The molecule has 0 aliphatic rings. The number of benzene rings is 1. The number of methoxy groups -OCH3 is 1. The van der Waals surface area contributed by atoms with E-state index in [-0.39, 0.29) is 18.0 Å². The van der Waals surface area contributed by atoms with Crippen molar-refractivity contribution >= 4 is 16.0 Å². The van der Waals surface area contributed by atoms with Gasteiger partial charge in [0.15, 0.2) is 0 Å². The number of carbonyl (C=O) groups is 1. The molecule has 0 unspecified atom stereocenters. The highest BCUT2D eigenvalue weighted by atomic mass is 32.2. The number of esters is 1. The average Bonchev–Trinajstić information content (AvgIpc) is 2.38. The second kappa shape index (κ2) is 6.65. The number of aliphatic hydroxyl groups excluding tert-OH is 1. The fraction of sp³-hybridized carbons (Fsp3) is 0.417. The van der Waals surface area contributed by atoms with Crippen LogP contribution in [0.25, 0.3) is 0 Å². The van der Waals surface area contributed by atoms with E-state index in [1.165, 1.54) is 19.2 Å². The maximum absolute atomic E-state index is 12.3.